The van der Waals surface area contributed by atoms with E-state index in [0.29, 0.717) is 18.5 Å². The topological polar surface area (TPSA) is 75.6 Å². The molecule has 0 radical (unpaired) electrons. The number of sulfonamides is 1. The van der Waals surface area contributed by atoms with Gasteiger partial charge in [-0.25, -0.2) is 13.1 Å². The Hall–Kier alpha value is -0.950. The summed E-state index contributed by atoms with van der Waals surface area (Å²) in [6.07, 6.45) is 2.34. The second-order valence-corrected chi connectivity index (χ2v) is 6.83. The number of aliphatic hydroxyl groups is 1. The fourth-order valence-electron chi connectivity index (χ4n) is 2.24. The van der Waals surface area contributed by atoms with E-state index >= 15 is 0 Å². The second kappa shape index (κ2) is 6.67. The Bertz CT molecular complexity index is 519. The van der Waals surface area contributed by atoms with Crippen molar-refractivity contribution >= 4 is 10.0 Å². The van der Waals surface area contributed by atoms with E-state index < -0.39 is 16.1 Å². The van der Waals surface area contributed by atoms with Crippen LogP contribution in [0.3, 0.4) is 0 Å². The largest absolute Gasteiger partial charge is 0.389 e. The first-order valence-corrected chi connectivity index (χ1v) is 8.36. The Kier molecular flexibility index (Phi) is 5.15. The number of benzene rings is 1. The lowest BCUT2D eigenvalue weighted by atomic mass is 10.1. The normalized spacial score (nSPS) is 21.0. The summed E-state index contributed by atoms with van der Waals surface area (Å²) >= 11 is 0. The highest BCUT2D eigenvalue weighted by molar-refractivity contribution is 7.89. The molecule has 0 aromatic heterocycles. The molecule has 1 heterocycles. The first-order chi connectivity index (χ1) is 9.49. The molecule has 0 amide bonds. The third-order valence-corrected chi connectivity index (χ3v) is 4.93. The summed E-state index contributed by atoms with van der Waals surface area (Å²) in [5.41, 5.74) is 0.698. The molecule has 2 atom stereocenters. The Labute approximate surface area is 120 Å². The summed E-state index contributed by atoms with van der Waals surface area (Å²) in [5.74, 6) is 0. The summed E-state index contributed by atoms with van der Waals surface area (Å²) in [7, 11) is -3.48. The predicted octanol–water partition coefficient (Wildman–Crippen LogP) is 1.59. The molecular formula is C14H21NO4S. The second-order valence-electron chi connectivity index (χ2n) is 5.07. The van der Waals surface area contributed by atoms with Gasteiger partial charge in [-0.15, -0.1) is 0 Å². The summed E-state index contributed by atoms with van der Waals surface area (Å²) in [6.45, 7) is 2.80. The van der Waals surface area contributed by atoms with Gasteiger partial charge in [-0.05, 0) is 43.9 Å². The van der Waals surface area contributed by atoms with Crippen LogP contribution in [0.5, 0.6) is 0 Å². The fraction of sp³-hybridized carbons (Fsp3) is 0.571. The molecule has 0 saturated carbocycles. The van der Waals surface area contributed by atoms with Crippen molar-refractivity contribution in [2.24, 2.45) is 0 Å². The van der Waals surface area contributed by atoms with Crippen LogP contribution in [0.4, 0.5) is 0 Å². The molecule has 1 aliphatic heterocycles. The highest BCUT2D eigenvalue weighted by Gasteiger charge is 2.18. The van der Waals surface area contributed by atoms with Gasteiger partial charge in [0, 0.05) is 13.2 Å². The molecule has 0 aliphatic carbocycles. The zero-order chi connectivity index (χ0) is 14.6. The van der Waals surface area contributed by atoms with Crippen LogP contribution < -0.4 is 4.72 Å². The molecule has 2 unspecified atom stereocenters. The highest BCUT2D eigenvalue weighted by Crippen LogP contribution is 2.17. The van der Waals surface area contributed by atoms with Crippen LogP contribution in [0.25, 0.3) is 0 Å². The van der Waals surface area contributed by atoms with Crippen molar-refractivity contribution in [3.63, 3.8) is 0 Å². The van der Waals surface area contributed by atoms with Gasteiger partial charge < -0.3 is 9.84 Å². The maximum atomic E-state index is 12.1. The molecule has 1 aliphatic rings. The van der Waals surface area contributed by atoms with Crippen LogP contribution in [0.1, 0.15) is 37.9 Å². The number of aliphatic hydroxyl groups excluding tert-OH is 1. The minimum atomic E-state index is -3.48. The number of ether oxygens (including phenoxy) is 1. The fourth-order valence-corrected chi connectivity index (χ4v) is 3.28. The van der Waals surface area contributed by atoms with Crippen molar-refractivity contribution in [3.8, 4) is 0 Å². The Morgan fingerprint density at radius 1 is 1.40 bits per heavy atom. The summed E-state index contributed by atoms with van der Waals surface area (Å²) in [4.78, 5) is 0.217. The molecular weight excluding hydrogens is 278 g/mol. The predicted molar refractivity (Wildman–Crippen MR) is 75.9 cm³/mol. The zero-order valence-corrected chi connectivity index (χ0v) is 12.4. The minimum absolute atomic E-state index is 0.176. The third kappa shape index (κ3) is 4.02. The Morgan fingerprint density at radius 3 is 2.65 bits per heavy atom. The van der Waals surface area contributed by atoms with E-state index in [0.717, 1.165) is 19.4 Å². The van der Waals surface area contributed by atoms with Crippen LogP contribution in [-0.4, -0.2) is 32.8 Å². The lowest BCUT2D eigenvalue weighted by Crippen LogP contribution is -2.27. The summed E-state index contributed by atoms with van der Waals surface area (Å²) in [5, 5.41) is 9.40. The Morgan fingerprint density at radius 2 is 2.10 bits per heavy atom. The van der Waals surface area contributed by atoms with E-state index in [2.05, 4.69) is 4.72 Å². The van der Waals surface area contributed by atoms with Gasteiger partial charge in [0.25, 0.3) is 0 Å². The van der Waals surface area contributed by atoms with E-state index in [9.17, 15) is 13.5 Å². The molecule has 1 saturated heterocycles. The van der Waals surface area contributed by atoms with Crippen LogP contribution in [0.2, 0.25) is 0 Å². The van der Waals surface area contributed by atoms with Gasteiger partial charge in [0.05, 0.1) is 17.1 Å². The number of rotatable bonds is 6. The molecule has 5 nitrogen and oxygen atoms in total. The average Bonchev–Trinajstić information content (AvgIpc) is 2.92. The molecule has 2 N–H and O–H groups in total. The summed E-state index contributed by atoms with van der Waals surface area (Å²) in [6, 6.07) is 6.27. The van der Waals surface area contributed by atoms with E-state index in [4.69, 9.17) is 4.74 Å². The number of hydrogen-bond donors (Lipinski definition) is 2. The third-order valence-electron chi connectivity index (χ3n) is 3.46. The first-order valence-electron chi connectivity index (χ1n) is 6.88. The average molecular weight is 299 g/mol. The zero-order valence-electron chi connectivity index (χ0n) is 11.6. The van der Waals surface area contributed by atoms with Gasteiger partial charge in [-0.1, -0.05) is 12.1 Å². The van der Waals surface area contributed by atoms with E-state index in [1.54, 1.807) is 19.1 Å². The smallest absolute Gasteiger partial charge is 0.240 e. The van der Waals surface area contributed by atoms with Crippen LogP contribution in [0, 0.1) is 0 Å². The maximum Gasteiger partial charge on any atom is 0.240 e. The SMILES string of the molecule is CC(O)c1ccc(S(=O)(=O)NCCC2CCCO2)cc1. The van der Waals surface area contributed by atoms with Gasteiger partial charge in [0.2, 0.25) is 10.0 Å². The Balaban J connectivity index is 1.91. The van der Waals surface area contributed by atoms with E-state index in [1.165, 1.54) is 12.1 Å². The number of nitrogens with one attached hydrogen (secondary N) is 1. The van der Waals surface area contributed by atoms with Gasteiger partial charge in [-0.3, -0.25) is 0 Å². The molecule has 20 heavy (non-hydrogen) atoms. The minimum Gasteiger partial charge on any atom is -0.389 e. The highest BCUT2D eigenvalue weighted by atomic mass is 32.2. The standard InChI is InChI=1S/C14H21NO4S/c1-11(16)12-4-6-14(7-5-12)20(17,18)15-9-8-13-3-2-10-19-13/h4-7,11,13,15-16H,2-3,8-10H2,1H3. The van der Waals surface area contributed by atoms with Crippen molar-refractivity contribution in [1.29, 1.82) is 0 Å². The molecule has 1 aromatic carbocycles. The lowest BCUT2D eigenvalue weighted by molar-refractivity contribution is 0.105. The monoisotopic (exact) mass is 299 g/mol. The van der Waals surface area contributed by atoms with Crippen LogP contribution in [0.15, 0.2) is 29.2 Å². The maximum absolute atomic E-state index is 12.1. The summed E-state index contributed by atoms with van der Waals surface area (Å²) < 4.78 is 32.2. The van der Waals surface area contributed by atoms with Crippen molar-refractivity contribution < 1.29 is 18.3 Å². The van der Waals surface area contributed by atoms with E-state index in [-0.39, 0.29) is 11.0 Å². The van der Waals surface area contributed by atoms with Gasteiger partial charge in [-0.2, -0.15) is 0 Å². The quantitative estimate of drug-likeness (QED) is 0.836. The van der Waals surface area contributed by atoms with Gasteiger partial charge in [0.1, 0.15) is 0 Å². The first kappa shape index (κ1) is 15.4. The molecule has 112 valence electrons. The lowest BCUT2D eigenvalue weighted by Gasteiger charge is -2.11. The van der Waals surface area contributed by atoms with Gasteiger partial charge in [0.15, 0.2) is 0 Å². The van der Waals surface area contributed by atoms with Crippen LogP contribution >= 0.6 is 0 Å². The van der Waals surface area contributed by atoms with Crippen molar-refractivity contribution in [2.75, 3.05) is 13.2 Å². The van der Waals surface area contributed by atoms with Crippen molar-refractivity contribution in [2.45, 2.75) is 43.3 Å². The van der Waals surface area contributed by atoms with Crippen molar-refractivity contribution in [1.82, 2.24) is 4.72 Å². The molecule has 2 rings (SSSR count). The van der Waals surface area contributed by atoms with E-state index in [1.807, 2.05) is 0 Å². The van der Waals surface area contributed by atoms with Crippen LogP contribution in [-0.2, 0) is 14.8 Å². The molecule has 0 bridgehead atoms. The molecule has 0 spiro atoms. The molecule has 1 fully saturated rings. The van der Waals surface area contributed by atoms with Gasteiger partial charge >= 0.3 is 0 Å². The molecule has 1 aromatic rings. The van der Waals surface area contributed by atoms with Crippen molar-refractivity contribution in [3.05, 3.63) is 29.8 Å². The molecule has 6 heteroatoms. The number of hydrogen-bond acceptors (Lipinski definition) is 4.